The van der Waals surface area contributed by atoms with Gasteiger partial charge in [-0.2, -0.15) is 0 Å². The number of ether oxygens (including phenoxy) is 2. The first-order valence-electron chi connectivity index (χ1n) is 6.55. The summed E-state index contributed by atoms with van der Waals surface area (Å²) in [5.41, 5.74) is -0.109. The Bertz CT molecular complexity index is 277. The minimum absolute atomic E-state index is 0.109. The first kappa shape index (κ1) is 10.7. The molecule has 0 aromatic rings. The van der Waals surface area contributed by atoms with Crippen molar-refractivity contribution >= 4 is 5.78 Å². The summed E-state index contributed by atoms with van der Waals surface area (Å²) in [6.45, 7) is 2.23. The highest BCUT2D eigenvalue weighted by molar-refractivity contribution is 5.84. The van der Waals surface area contributed by atoms with Gasteiger partial charge < -0.3 is 9.47 Å². The lowest BCUT2D eigenvalue weighted by Crippen LogP contribution is -2.44. The molecule has 0 bridgehead atoms. The van der Waals surface area contributed by atoms with Gasteiger partial charge in [-0.15, -0.1) is 0 Å². The molecule has 1 aliphatic carbocycles. The maximum atomic E-state index is 12.2. The number of hydrogen-bond donors (Lipinski definition) is 0. The number of carbonyl (C=O) groups is 1. The molecular weight excluding hydrogens is 204 g/mol. The van der Waals surface area contributed by atoms with Crippen LogP contribution in [-0.2, 0) is 14.3 Å². The van der Waals surface area contributed by atoms with Crippen LogP contribution in [0.25, 0.3) is 0 Å². The lowest BCUT2D eigenvalue weighted by molar-refractivity contribution is -0.142. The zero-order chi connectivity index (χ0) is 11.0. The summed E-state index contributed by atoms with van der Waals surface area (Å²) in [5.74, 6) is 1.14. The van der Waals surface area contributed by atoms with Crippen LogP contribution in [0.4, 0.5) is 0 Å². The zero-order valence-corrected chi connectivity index (χ0v) is 9.74. The first-order valence-corrected chi connectivity index (χ1v) is 6.55. The number of hydrogen-bond acceptors (Lipinski definition) is 3. The Hall–Kier alpha value is -0.410. The molecule has 90 valence electrons. The molecular formula is C13H20O3. The van der Waals surface area contributed by atoms with Gasteiger partial charge in [-0.25, -0.2) is 0 Å². The number of carbonyl (C=O) groups excluding carboxylic acids is 1. The summed E-state index contributed by atoms with van der Waals surface area (Å²) in [6.07, 6.45) is 6.30. The lowest BCUT2D eigenvalue weighted by atomic mass is 9.73. The van der Waals surface area contributed by atoms with Crippen LogP contribution in [0.3, 0.4) is 0 Å². The molecule has 2 saturated heterocycles. The summed E-state index contributed by atoms with van der Waals surface area (Å²) in [6, 6.07) is 0. The first-order chi connectivity index (χ1) is 7.79. The van der Waals surface area contributed by atoms with Crippen LogP contribution in [0.2, 0.25) is 0 Å². The minimum atomic E-state index is -0.109. The molecule has 0 amide bonds. The second-order valence-corrected chi connectivity index (χ2v) is 5.55. The molecule has 0 aromatic heterocycles. The molecule has 1 spiro atoms. The summed E-state index contributed by atoms with van der Waals surface area (Å²) in [4.78, 5) is 12.2. The molecule has 0 radical (unpaired) electrons. The minimum Gasteiger partial charge on any atom is -0.378 e. The SMILES string of the molecule is O=C(C1CCC1)C1CCOC2(CCOC2)C1. The number of Topliss-reactive ketones (excluding diaryl/α,β-unsaturated/α-hetero) is 1. The predicted octanol–water partition coefficient (Wildman–Crippen LogP) is 1.94. The second kappa shape index (κ2) is 4.11. The van der Waals surface area contributed by atoms with Crippen LogP contribution in [-0.4, -0.2) is 31.2 Å². The Kier molecular flexibility index (Phi) is 2.76. The quantitative estimate of drug-likeness (QED) is 0.719. The Balaban J connectivity index is 1.64. The third kappa shape index (κ3) is 1.80. The predicted molar refractivity (Wildman–Crippen MR) is 59.2 cm³/mol. The van der Waals surface area contributed by atoms with Crippen LogP contribution in [0.15, 0.2) is 0 Å². The Morgan fingerprint density at radius 3 is 2.62 bits per heavy atom. The highest BCUT2D eigenvalue weighted by atomic mass is 16.6. The van der Waals surface area contributed by atoms with E-state index in [4.69, 9.17) is 9.47 Å². The van der Waals surface area contributed by atoms with Gasteiger partial charge in [-0.1, -0.05) is 6.42 Å². The van der Waals surface area contributed by atoms with Crippen LogP contribution >= 0.6 is 0 Å². The second-order valence-electron chi connectivity index (χ2n) is 5.55. The summed E-state index contributed by atoms with van der Waals surface area (Å²) >= 11 is 0. The van der Waals surface area contributed by atoms with Crippen molar-refractivity contribution in [2.24, 2.45) is 11.8 Å². The fraction of sp³-hybridized carbons (Fsp3) is 0.923. The Morgan fingerprint density at radius 1 is 1.12 bits per heavy atom. The van der Waals surface area contributed by atoms with Gasteiger partial charge in [0.1, 0.15) is 5.78 Å². The van der Waals surface area contributed by atoms with E-state index in [0.29, 0.717) is 18.3 Å². The average Bonchev–Trinajstić information content (AvgIpc) is 2.64. The van der Waals surface area contributed by atoms with Crippen molar-refractivity contribution < 1.29 is 14.3 Å². The maximum absolute atomic E-state index is 12.2. The molecule has 3 aliphatic rings. The average molecular weight is 224 g/mol. The molecule has 3 fully saturated rings. The topological polar surface area (TPSA) is 35.5 Å². The van der Waals surface area contributed by atoms with Crippen LogP contribution < -0.4 is 0 Å². The monoisotopic (exact) mass is 224 g/mol. The summed E-state index contributed by atoms with van der Waals surface area (Å²) < 4.78 is 11.3. The Morgan fingerprint density at radius 2 is 2.00 bits per heavy atom. The van der Waals surface area contributed by atoms with E-state index in [-0.39, 0.29) is 11.5 Å². The molecule has 3 nitrogen and oxygen atoms in total. The molecule has 3 rings (SSSR count). The van der Waals surface area contributed by atoms with Crippen molar-refractivity contribution in [3.8, 4) is 0 Å². The van der Waals surface area contributed by atoms with Gasteiger partial charge >= 0.3 is 0 Å². The van der Waals surface area contributed by atoms with Crippen molar-refractivity contribution in [1.82, 2.24) is 0 Å². The van der Waals surface area contributed by atoms with E-state index < -0.39 is 0 Å². The van der Waals surface area contributed by atoms with Crippen molar-refractivity contribution in [3.63, 3.8) is 0 Å². The van der Waals surface area contributed by atoms with E-state index in [0.717, 1.165) is 45.3 Å². The highest BCUT2D eigenvalue weighted by Gasteiger charge is 2.44. The Labute approximate surface area is 96.5 Å². The van der Waals surface area contributed by atoms with E-state index in [1.807, 2.05) is 0 Å². The standard InChI is InChI=1S/C13H20O3/c14-12(10-2-1-3-10)11-4-6-16-13(8-11)5-7-15-9-13/h10-11H,1-9H2. The number of rotatable bonds is 2. The van der Waals surface area contributed by atoms with E-state index in [1.54, 1.807) is 0 Å². The zero-order valence-electron chi connectivity index (χ0n) is 9.74. The molecule has 2 heterocycles. The molecule has 2 atom stereocenters. The maximum Gasteiger partial charge on any atom is 0.139 e. The highest BCUT2D eigenvalue weighted by Crippen LogP contribution is 2.39. The van der Waals surface area contributed by atoms with Crippen molar-refractivity contribution in [2.45, 2.75) is 44.1 Å². The molecule has 0 aromatic carbocycles. The smallest absolute Gasteiger partial charge is 0.139 e. The molecule has 16 heavy (non-hydrogen) atoms. The van der Waals surface area contributed by atoms with Gasteiger partial charge in [0, 0.05) is 31.5 Å². The van der Waals surface area contributed by atoms with Gasteiger partial charge in [0.15, 0.2) is 0 Å². The van der Waals surface area contributed by atoms with Crippen LogP contribution in [0.5, 0.6) is 0 Å². The molecule has 2 aliphatic heterocycles. The summed E-state index contributed by atoms with van der Waals surface area (Å²) in [7, 11) is 0. The third-order valence-electron chi connectivity index (χ3n) is 4.47. The van der Waals surface area contributed by atoms with E-state index in [9.17, 15) is 4.79 Å². The fourth-order valence-electron chi connectivity index (χ4n) is 3.16. The van der Waals surface area contributed by atoms with Gasteiger partial charge in [0.05, 0.1) is 12.2 Å². The van der Waals surface area contributed by atoms with Crippen LogP contribution in [0.1, 0.15) is 38.5 Å². The summed E-state index contributed by atoms with van der Waals surface area (Å²) in [5, 5.41) is 0. The van der Waals surface area contributed by atoms with Gasteiger partial charge in [-0.05, 0) is 25.7 Å². The van der Waals surface area contributed by atoms with Crippen molar-refractivity contribution in [1.29, 1.82) is 0 Å². The van der Waals surface area contributed by atoms with E-state index in [2.05, 4.69) is 0 Å². The van der Waals surface area contributed by atoms with E-state index in [1.165, 1.54) is 6.42 Å². The van der Waals surface area contributed by atoms with Gasteiger partial charge in [0.2, 0.25) is 0 Å². The van der Waals surface area contributed by atoms with Crippen LogP contribution in [0, 0.1) is 11.8 Å². The number of ketones is 1. The van der Waals surface area contributed by atoms with Gasteiger partial charge in [0.25, 0.3) is 0 Å². The van der Waals surface area contributed by atoms with Crippen molar-refractivity contribution in [2.75, 3.05) is 19.8 Å². The van der Waals surface area contributed by atoms with E-state index >= 15 is 0 Å². The molecule has 2 unspecified atom stereocenters. The van der Waals surface area contributed by atoms with Gasteiger partial charge in [-0.3, -0.25) is 4.79 Å². The largest absolute Gasteiger partial charge is 0.378 e. The lowest BCUT2D eigenvalue weighted by Gasteiger charge is -2.38. The molecule has 1 saturated carbocycles. The third-order valence-corrected chi connectivity index (χ3v) is 4.47. The molecule has 0 N–H and O–H groups in total. The van der Waals surface area contributed by atoms with Crippen molar-refractivity contribution in [3.05, 3.63) is 0 Å². The normalized spacial score (nSPS) is 39.9. The fourth-order valence-corrected chi connectivity index (χ4v) is 3.16. The molecule has 3 heteroatoms.